The number of amides is 1. The largest absolute Gasteiger partial charge is 0.483 e. The van der Waals surface area contributed by atoms with Crippen LogP contribution in [0.1, 0.15) is 27.6 Å². The molecular weight excluding hydrogens is 408 g/mol. The van der Waals surface area contributed by atoms with E-state index in [9.17, 15) is 19.7 Å². The number of ketones is 1. The second kappa shape index (κ2) is 9.19. The minimum Gasteiger partial charge on any atom is -0.483 e. The Morgan fingerprint density at radius 1 is 1.00 bits per heavy atom. The van der Waals surface area contributed by atoms with E-state index in [1.165, 1.54) is 24.3 Å². The third-order valence-corrected chi connectivity index (χ3v) is 4.49. The number of nitro benzene ring substituents is 1. The molecule has 1 amide bonds. The van der Waals surface area contributed by atoms with Gasteiger partial charge in [0.1, 0.15) is 5.75 Å². The smallest absolute Gasteiger partial charge is 0.270 e. The van der Waals surface area contributed by atoms with E-state index in [1.54, 1.807) is 55.5 Å². The maximum absolute atomic E-state index is 12.4. The van der Waals surface area contributed by atoms with Crippen molar-refractivity contribution in [1.82, 2.24) is 0 Å². The van der Waals surface area contributed by atoms with E-state index >= 15 is 0 Å². The molecule has 1 atom stereocenters. The highest BCUT2D eigenvalue weighted by Crippen LogP contribution is 2.20. The first-order chi connectivity index (χ1) is 14.3. The first-order valence-electron chi connectivity index (χ1n) is 8.96. The fraction of sp³-hybridized carbons (Fsp3) is 0.0909. The molecule has 0 aromatic heterocycles. The van der Waals surface area contributed by atoms with Gasteiger partial charge in [0.05, 0.1) is 4.92 Å². The van der Waals surface area contributed by atoms with Crippen molar-refractivity contribution in [2.24, 2.45) is 0 Å². The summed E-state index contributed by atoms with van der Waals surface area (Å²) in [6, 6.07) is 18.5. The lowest BCUT2D eigenvalue weighted by molar-refractivity contribution is -0.384. The predicted octanol–water partition coefficient (Wildman–Crippen LogP) is 5.15. The van der Waals surface area contributed by atoms with Crippen molar-refractivity contribution >= 4 is 34.7 Å². The monoisotopic (exact) mass is 424 g/mol. The molecule has 8 heteroatoms. The molecule has 0 fully saturated rings. The lowest BCUT2D eigenvalue weighted by Gasteiger charge is -2.14. The molecule has 30 heavy (non-hydrogen) atoms. The van der Waals surface area contributed by atoms with Gasteiger partial charge >= 0.3 is 0 Å². The average molecular weight is 425 g/mol. The molecule has 0 spiro atoms. The van der Waals surface area contributed by atoms with Crippen LogP contribution in [0.2, 0.25) is 5.02 Å². The lowest BCUT2D eigenvalue weighted by atomic mass is 10.1. The molecular formula is C22H17ClN2O5. The van der Waals surface area contributed by atoms with E-state index in [2.05, 4.69) is 5.32 Å². The molecule has 152 valence electrons. The zero-order chi connectivity index (χ0) is 21.7. The van der Waals surface area contributed by atoms with Gasteiger partial charge in [0.15, 0.2) is 6.10 Å². The summed E-state index contributed by atoms with van der Waals surface area (Å²) in [7, 11) is 0. The van der Waals surface area contributed by atoms with Gasteiger partial charge in [0.25, 0.3) is 11.6 Å². The SMILES string of the molecule is CC(Oc1ccc(NC(=O)c2cccc([N+](=O)[O-])c2)cc1)C(=O)c1ccc(Cl)cc1. The number of non-ortho nitro benzene ring substituents is 1. The number of carbonyl (C=O) groups excluding carboxylic acids is 2. The number of hydrogen-bond acceptors (Lipinski definition) is 5. The fourth-order valence-electron chi connectivity index (χ4n) is 2.69. The van der Waals surface area contributed by atoms with Crippen molar-refractivity contribution in [3.05, 3.63) is 99.1 Å². The summed E-state index contributed by atoms with van der Waals surface area (Å²) in [5.41, 5.74) is 0.987. The third kappa shape index (κ3) is 5.21. The molecule has 3 aromatic carbocycles. The molecule has 0 radical (unpaired) electrons. The van der Waals surface area contributed by atoms with Gasteiger partial charge in [-0.1, -0.05) is 17.7 Å². The van der Waals surface area contributed by atoms with Crippen LogP contribution in [0.25, 0.3) is 0 Å². The number of nitrogens with one attached hydrogen (secondary N) is 1. The molecule has 0 bridgehead atoms. The number of hydrogen-bond donors (Lipinski definition) is 1. The van der Waals surface area contributed by atoms with Gasteiger partial charge in [-0.2, -0.15) is 0 Å². The van der Waals surface area contributed by atoms with Gasteiger partial charge in [-0.3, -0.25) is 19.7 Å². The van der Waals surface area contributed by atoms with Crippen molar-refractivity contribution in [2.75, 3.05) is 5.32 Å². The maximum atomic E-state index is 12.4. The quantitative estimate of drug-likeness (QED) is 0.321. The molecule has 0 saturated heterocycles. The Kier molecular flexibility index (Phi) is 6.44. The van der Waals surface area contributed by atoms with Crippen molar-refractivity contribution in [1.29, 1.82) is 0 Å². The Bertz CT molecular complexity index is 1080. The second-order valence-electron chi connectivity index (χ2n) is 6.42. The Hall–Kier alpha value is -3.71. The van der Waals surface area contributed by atoms with Gasteiger partial charge in [-0.05, 0) is 61.5 Å². The number of rotatable bonds is 7. The van der Waals surface area contributed by atoms with Crippen molar-refractivity contribution in [2.45, 2.75) is 13.0 Å². The van der Waals surface area contributed by atoms with Gasteiger partial charge in [0, 0.05) is 34.0 Å². The van der Waals surface area contributed by atoms with E-state index in [0.29, 0.717) is 22.0 Å². The lowest BCUT2D eigenvalue weighted by Crippen LogP contribution is -2.23. The highest BCUT2D eigenvalue weighted by molar-refractivity contribution is 6.30. The van der Waals surface area contributed by atoms with E-state index in [-0.39, 0.29) is 17.0 Å². The summed E-state index contributed by atoms with van der Waals surface area (Å²) in [5.74, 6) is -0.202. The first-order valence-corrected chi connectivity index (χ1v) is 9.33. The first kappa shape index (κ1) is 21.0. The summed E-state index contributed by atoms with van der Waals surface area (Å²) in [5, 5.41) is 14.0. The molecule has 0 aliphatic carbocycles. The Morgan fingerprint density at radius 2 is 1.67 bits per heavy atom. The highest BCUT2D eigenvalue weighted by atomic mass is 35.5. The summed E-state index contributed by atoms with van der Waals surface area (Å²) in [6.07, 6.45) is -0.712. The Balaban J connectivity index is 1.62. The molecule has 0 aliphatic rings. The molecule has 0 aliphatic heterocycles. The summed E-state index contributed by atoms with van der Waals surface area (Å²) in [6.45, 7) is 1.65. The number of nitrogens with zero attached hydrogens (tertiary/aromatic N) is 1. The molecule has 3 aromatic rings. The number of halogens is 1. The zero-order valence-corrected chi connectivity index (χ0v) is 16.6. The van der Waals surface area contributed by atoms with Crippen LogP contribution in [0.15, 0.2) is 72.8 Å². The van der Waals surface area contributed by atoms with Crippen LogP contribution in [-0.2, 0) is 0 Å². The van der Waals surface area contributed by atoms with Crippen molar-refractivity contribution < 1.29 is 19.2 Å². The van der Waals surface area contributed by atoms with Gasteiger partial charge < -0.3 is 10.1 Å². The number of nitro groups is 1. The zero-order valence-electron chi connectivity index (χ0n) is 15.9. The number of ether oxygens (including phenoxy) is 1. The van der Waals surface area contributed by atoms with Crippen LogP contribution in [-0.4, -0.2) is 22.7 Å². The highest BCUT2D eigenvalue weighted by Gasteiger charge is 2.17. The minimum absolute atomic E-state index is 0.161. The minimum atomic E-state index is -0.712. The number of carbonyl (C=O) groups is 2. The Labute approximate surface area is 177 Å². The van der Waals surface area contributed by atoms with Crippen molar-refractivity contribution in [3.63, 3.8) is 0 Å². The van der Waals surface area contributed by atoms with Crippen LogP contribution in [0.4, 0.5) is 11.4 Å². The molecule has 0 saturated carbocycles. The van der Waals surface area contributed by atoms with E-state index in [4.69, 9.17) is 16.3 Å². The van der Waals surface area contributed by atoms with E-state index in [0.717, 1.165) is 0 Å². The Morgan fingerprint density at radius 3 is 2.30 bits per heavy atom. The molecule has 0 heterocycles. The van der Waals surface area contributed by atoms with Crippen molar-refractivity contribution in [3.8, 4) is 5.75 Å². The topological polar surface area (TPSA) is 98.5 Å². The van der Waals surface area contributed by atoms with Crippen LogP contribution in [0.5, 0.6) is 5.75 Å². The molecule has 1 N–H and O–H groups in total. The summed E-state index contributed by atoms with van der Waals surface area (Å²) < 4.78 is 5.68. The predicted molar refractivity (Wildman–Crippen MR) is 113 cm³/mol. The summed E-state index contributed by atoms with van der Waals surface area (Å²) in [4.78, 5) is 35.0. The van der Waals surface area contributed by atoms with Gasteiger partial charge in [0.2, 0.25) is 5.78 Å². The normalized spacial score (nSPS) is 11.4. The maximum Gasteiger partial charge on any atom is 0.270 e. The van der Waals surface area contributed by atoms with Crippen LogP contribution in [0.3, 0.4) is 0 Å². The number of anilines is 1. The van der Waals surface area contributed by atoms with Crippen LogP contribution in [0, 0.1) is 10.1 Å². The fourth-order valence-corrected chi connectivity index (χ4v) is 2.81. The standard InChI is InChI=1S/C22H17ClN2O5/c1-14(21(26)15-5-7-17(23)8-6-15)30-20-11-9-18(10-12-20)24-22(27)16-3-2-4-19(13-16)25(28)29/h2-14H,1H3,(H,24,27). The van der Waals surface area contributed by atoms with E-state index < -0.39 is 16.9 Å². The third-order valence-electron chi connectivity index (χ3n) is 4.24. The summed E-state index contributed by atoms with van der Waals surface area (Å²) >= 11 is 5.83. The second-order valence-corrected chi connectivity index (χ2v) is 6.85. The van der Waals surface area contributed by atoms with Gasteiger partial charge in [-0.25, -0.2) is 0 Å². The van der Waals surface area contributed by atoms with Crippen LogP contribution < -0.4 is 10.1 Å². The molecule has 7 nitrogen and oxygen atoms in total. The van der Waals surface area contributed by atoms with E-state index in [1.807, 2.05) is 0 Å². The van der Waals surface area contributed by atoms with Crippen LogP contribution >= 0.6 is 11.6 Å². The number of benzene rings is 3. The average Bonchev–Trinajstić information content (AvgIpc) is 2.75. The molecule has 3 rings (SSSR count). The molecule has 1 unspecified atom stereocenters. The van der Waals surface area contributed by atoms with Gasteiger partial charge in [-0.15, -0.1) is 0 Å². The number of Topliss-reactive ketones (excluding diaryl/α,β-unsaturated/α-hetero) is 1.